The first-order chi connectivity index (χ1) is 14.2. The van der Waals surface area contributed by atoms with Crippen molar-refractivity contribution in [2.45, 2.75) is 32.4 Å². The summed E-state index contributed by atoms with van der Waals surface area (Å²) in [4.78, 5) is 15.6. The summed E-state index contributed by atoms with van der Waals surface area (Å²) in [7, 11) is 1.71. The Morgan fingerprint density at radius 1 is 1.10 bits per heavy atom. The number of aromatic nitrogens is 1. The van der Waals surface area contributed by atoms with Crippen molar-refractivity contribution in [3.05, 3.63) is 65.9 Å². The van der Waals surface area contributed by atoms with Crippen molar-refractivity contribution < 1.29 is 9.53 Å². The normalized spacial score (nSPS) is 15.5. The predicted octanol–water partition coefficient (Wildman–Crippen LogP) is 4.24. The van der Waals surface area contributed by atoms with Crippen LogP contribution in [0.15, 0.2) is 54.6 Å². The van der Waals surface area contributed by atoms with E-state index in [2.05, 4.69) is 39.9 Å². The molecule has 3 aromatic rings. The first-order valence-electron chi connectivity index (χ1n) is 10.5. The fraction of sp³-hybridized carbons (Fsp3) is 0.375. The van der Waals surface area contributed by atoms with E-state index in [0.29, 0.717) is 12.2 Å². The van der Waals surface area contributed by atoms with Crippen LogP contribution in [0.4, 0.5) is 0 Å². The van der Waals surface area contributed by atoms with Gasteiger partial charge in [-0.15, -0.1) is 0 Å². The number of aryl methyl sites for hydroxylation is 1. The van der Waals surface area contributed by atoms with Crippen molar-refractivity contribution in [1.82, 2.24) is 14.8 Å². The van der Waals surface area contributed by atoms with Crippen LogP contribution in [0.25, 0.3) is 10.9 Å². The molecule has 1 N–H and O–H groups in total. The second-order valence-corrected chi connectivity index (χ2v) is 7.54. The van der Waals surface area contributed by atoms with Crippen molar-refractivity contribution in [1.29, 1.82) is 0 Å². The Morgan fingerprint density at radius 3 is 2.59 bits per heavy atom. The Labute approximate surface area is 172 Å². The third-order valence-corrected chi connectivity index (χ3v) is 5.89. The van der Waals surface area contributed by atoms with Crippen LogP contribution in [-0.2, 0) is 6.54 Å². The minimum atomic E-state index is -0.0258. The molecule has 152 valence electrons. The molecule has 1 aliphatic heterocycles. The topological polar surface area (TPSA) is 46.5 Å². The minimum absolute atomic E-state index is 0.0258. The monoisotopic (exact) mass is 391 g/mol. The molecular formula is C24H29N3O2. The molecule has 1 unspecified atom stereocenters. The van der Waals surface area contributed by atoms with E-state index in [1.165, 1.54) is 12.8 Å². The largest absolute Gasteiger partial charge is 0.496 e. The van der Waals surface area contributed by atoms with Gasteiger partial charge in [-0.1, -0.05) is 36.4 Å². The second-order valence-electron chi connectivity index (χ2n) is 7.54. The van der Waals surface area contributed by atoms with Crippen molar-refractivity contribution in [3.63, 3.8) is 0 Å². The van der Waals surface area contributed by atoms with Crippen LogP contribution in [0.5, 0.6) is 5.75 Å². The van der Waals surface area contributed by atoms with Gasteiger partial charge in [0.15, 0.2) is 0 Å². The van der Waals surface area contributed by atoms with Gasteiger partial charge in [-0.05, 0) is 51.1 Å². The Kier molecular flexibility index (Phi) is 5.86. The molecule has 0 aliphatic carbocycles. The molecule has 4 rings (SSSR count). The molecule has 2 heterocycles. The van der Waals surface area contributed by atoms with E-state index in [-0.39, 0.29) is 11.9 Å². The Hall–Kier alpha value is -2.79. The molecule has 5 heteroatoms. The number of hydrogen-bond acceptors (Lipinski definition) is 3. The number of rotatable bonds is 7. The number of para-hydroxylation sites is 2. The first-order valence-corrected chi connectivity index (χ1v) is 10.5. The molecule has 0 saturated carbocycles. The molecule has 0 radical (unpaired) electrons. The molecule has 1 atom stereocenters. The molecule has 1 saturated heterocycles. The smallest absolute Gasteiger partial charge is 0.268 e. The lowest BCUT2D eigenvalue weighted by molar-refractivity contribution is 0.0928. The fourth-order valence-electron chi connectivity index (χ4n) is 4.45. The SMILES string of the molecule is CCn1c(C(=O)NCC(c2ccccc2OC)N2CCCC2)cc2ccccc21. The number of carbonyl (C=O) groups excluding carboxylic acids is 1. The van der Waals surface area contributed by atoms with Crippen LogP contribution in [0, 0.1) is 0 Å². The number of nitrogens with one attached hydrogen (secondary N) is 1. The zero-order valence-electron chi connectivity index (χ0n) is 17.2. The molecule has 1 amide bonds. The van der Waals surface area contributed by atoms with Gasteiger partial charge in [0.1, 0.15) is 11.4 Å². The van der Waals surface area contributed by atoms with E-state index < -0.39 is 0 Å². The van der Waals surface area contributed by atoms with Gasteiger partial charge in [-0.2, -0.15) is 0 Å². The van der Waals surface area contributed by atoms with E-state index in [4.69, 9.17) is 4.74 Å². The van der Waals surface area contributed by atoms with Crippen molar-refractivity contribution in [3.8, 4) is 5.75 Å². The van der Waals surface area contributed by atoms with E-state index in [1.54, 1.807) is 7.11 Å². The number of methoxy groups -OCH3 is 1. The number of amides is 1. The van der Waals surface area contributed by atoms with Gasteiger partial charge in [0.05, 0.1) is 13.2 Å². The van der Waals surface area contributed by atoms with Gasteiger partial charge in [0.2, 0.25) is 0 Å². The summed E-state index contributed by atoms with van der Waals surface area (Å²) in [6.45, 7) is 5.50. The van der Waals surface area contributed by atoms with Gasteiger partial charge in [0.25, 0.3) is 5.91 Å². The summed E-state index contributed by atoms with van der Waals surface area (Å²) < 4.78 is 7.69. The predicted molar refractivity (Wildman–Crippen MR) is 116 cm³/mol. The molecule has 1 aliphatic rings. The number of ether oxygens (including phenoxy) is 1. The highest BCUT2D eigenvalue weighted by atomic mass is 16.5. The van der Waals surface area contributed by atoms with Crippen molar-refractivity contribution in [2.75, 3.05) is 26.7 Å². The number of benzene rings is 2. The van der Waals surface area contributed by atoms with Gasteiger partial charge in [0, 0.05) is 29.6 Å². The minimum Gasteiger partial charge on any atom is -0.496 e. The van der Waals surface area contributed by atoms with Crippen molar-refractivity contribution >= 4 is 16.8 Å². The maximum absolute atomic E-state index is 13.1. The van der Waals surface area contributed by atoms with Crippen LogP contribution in [0.3, 0.4) is 0 Å². The van der Waals surface area contributed by atoms with E-state index >= 15 is 0 Å². The van der Waals surface area contributed by atoms with Crippen LogP contribution in [0.2, 0.25) is 0 Å². The van der Waals surface area contributed by atoms with Gasteiger partial charge in [-0.25, -0.2) is 0 Å². The number of carbonyl (C=O) groups is 1. The third-order valence-electron chi connectivity index (χ3n) is 5.89. The summed E-state index contributed by atoms with van der Waals surface area (Å²) in [6.07, 6.45) is 2.40. The van der Waals surface area contributed by atoms with Gasteiger partial charge in [-0.3, -0.25) is 9.69 Å². The van der Waals surface area contributed by atoms with Crippen LogP contribution in [-0.4, -0.2) is 42.1 Å². The average Bonchev–Trinajstić information content (AvgIpc) is 3.42. The highest BCUT2D eigenvalue weighted by Gasteiger charge is 2.27. The van der Waals surface area contributed by atoms with Gasteiger partial charge >= 0.3 is 0 Å². The fourth-order valence-corrected chi connectivity index (χ4v) is 4.45. The lowest BCUT2D eigenvalue weighted by Gasteiger charge is -2.29. The number of nitrogens with zero attached hydrogens (tertiary/aromatic N) is 2. The molecule has 5 nitrogen and oxygen atoms in total. The summed E-state index contributed by atoms with van der Waals surface area (Å²) in [6, 6.07) is 18.4. The van der Waals surface area contributed by atoms with Crippen LogP contribution >= 0.6 is 0 Å². The molecule has 0 spiro atoms. The molecule has 0 bridgehead atoms. The Balaban J connectivity index is 1.58. The second kappa shape index (κ2) is 8.70. The Bertz CT molecular complexity index is 989. The highest BCUT2D eigenvalue weighted by molar-refractivity contribution is 5.98. The average molecular weight is 392 g/mol. The molecule has 29 heavy (non-hydrogen) atoms. The lowest BCUT2D eigenvalue weighted by Crippen LogP contribution is -2.37. The lowest BCUT2D eigenvalue weighted by atomic mass is 10.0. The standard InChI is InChI=1S/C24H29N3O2/c1-3-27-20-12-6-4-10-18(20)16-21(27)24(28)25-17-22(26-14-8-9-15-26)19-11-5-7-13-23(19)29-2/h4-7,10-13,16,22H,3,8-9,14-15,17H2,1-2H3,(H,25,28). The quantitative estimate of drug-likeness (QED) is 0.655. The molecule has 2 aromatic carbocycles. The number of hydrogen-bond donors (Lipinski definition) is 1. The van der Waals surface area contributed by atoms with Crippen LogP contribution < -0.4 is 10.1 Å². The molecular weight excluding hydrogens is 362 g/mol. The zero-order chi connectivity index (χ0) is 20.2. The van der Waals surface area contributed by atoms with Gasteiger partial charge < -0.3 is 14.6 Å². The highest BCUT2D eigenvalue weighted by Crippen LogP contribution is 2.31. The summed E-state index contributed by atoms with van der Waals surface area (Å²) in [5, 5.41) is 4.30. The summed E-state index contributed by atoms with van der Waals surface area (Å²) in [5.74, 6) is 0.850. The zero-order valence-corrected chi connectivity index (χ0v) is 17.2. The molecule has 1 fully saturated rings. The van der Waals surface area contributed by atoms with E-state index in [1.807, 2.05) is 36.4 Å². The van der Waals surface area contributed by atoms with Crippen LogP contribution in [0.1, 0.15) is 41.9 Å². The van der Waals surface area contributed by atoms with Crippen molar-refractivity contribution in [2.24, 2.45) is 0 Å². The number of fused-ring (bicyclic) bond motifs is 1. The first kappa shape index (κ1) is 19.5. The molecule has 1 aromatic heterocycles. The maximum Gasteiger partial charge on any atom is 0.268 e. The number of likely N-dealkylation sites (tertiary alicyclic amines) is 1. The summed E-state index contributed by atoms with van der Waals surface area (Å²) in [5.41, 5.74) is 2.95. The Morgan fingerprint density at radius 2 is 1.83 bits per heavy atom. The van der Waals surface area contributed by atoms with E-state index in [9.17, 15) is 4.79 Å². The summed E-state index contributed by atoms with van der Waals surface area (Å²) >= 11 is 0. The third kappa shape index (κ3) is 3.87. The van der Waals surface area contributed by atoms with E-state index in [0.717, 1.165) is 41.9 Å². The maximum atomic E-state index is 13.1.